The lowest BCUT2D eigenvalue weighted by Crippen LogP contribution is -2.59. The average Bonchev–Trinajstić information content (AvgIpc) is 3.61. The summed E-state index contributed by atoms with van der Waals surface area (Å²) in [4.78, 5) is 49.1. The van der Waals surface area contributed by atoms with Crippen molar-refractivity contribution in [1.29, 1.82) is 0 Å². The van der Waals surface area contributed by atoms with Gasteiger partial charge in [-0.2, -0.15) is 0 Å². The molecule has 2 aromatic rings. The van der Waals surface area contributed by atoms with Crippen molar-refractivity contribution in [2.24, 2.45) is 17.8 Å². The highest BCUT2D eigenvalue weighted by atomic mass is 16.5. The second-order valence-electron chi connectivity index (χ2n) is 12.7. The van der Waals surface area contributed by atoms with Crippen LogP contribution in [0.5, 0.6) is 0 Å². The van der Waals surface area contributed by atoms with Gasteiger partial charge in [-0.25, -0.2) is 0 Å². The number of fused-ring (bicyclic) bond motifs is 1. The number of rotatable bonds is 13. The van der Waals surface area contributed by atoms with E-state index in [4.69, 9.17) is 4.74 Å². The summed E-state index contributed by atoms with van der Waals surface area (Å²) in [5, 5.41) is 10.7. The van der Waals surface area contributed by atoms with Gasteiger partial charge >= 0.3 is 0 Å². The number of carbonyl (C=O) groups is 3. The van der Waals surface area contributed by atoms with Crippen molar-refractivity contribution in [3.05, 3.63) is 91.5 Å². The lowest BCUT2D eigenvalue weighted by Gasteiger charge is -2.41. The Bertz CT molecular complexity index is 1380. The van der Waals surface area contributed by atoms with Crippen LogP contribution in [0.1, 0.15) is 45.6 Å². The van der Waals surface area contributed by atoms with Gasteiger partial charge < -0.3 is 24.5 Å². The molecule has 8 nitrogen and oxygen atoms in total. The smallest absolute Gasteiger partial charge is 0.249 e. The zero-order valence-electron chi connectivity index (χ0n) is 26.1. The van der Waals surface area contributed by atoms with Crippen LogP contribution in [0, 0.1) is 17.8 Å². The number of benzene rings is 2. The maximum absolute atomic E-state index is 14.8. The van der Waals surface area contributed by atoms with Gasteiger partial charge in [0.05, 0.1) is 30.1 Å². The molecule has 3 fully saturated rings. The Labute approximate surface area is 261 Å². The van der Waals surface area contributed by atoms with Gasteiger partial charge in [-0.15, -0.1) is 13.2 Å². The number of likely N-dealkylation sites (tertiary alicyclic amines) is 1. The minimum atomic E-state index is -1.20. The number of hydrogen-bond acceptors (Lipinski definition) is 5. The number of hydrogen-bond donors (Lipinski definition) is 1. The molecule has 3 aliphatic heterocycles. The average molecular weight is 600 g/mol. The Morgan fingerprint density at radius 2 is 1.68 bits per heavy atom. The standard InChI is InChI=1S/C36H45N3O5/c1-6-21-37(23-26-15-11-9-12-16-26)34(43)31-36-20-19-35(5,44-36)29(30(36)33(42)39(31)28(24-40)25(4)8-3)32(41)38(22-7-2)27-17-13-10-14-18-27/h6-7,9-18,25,28-31,40H,1-2,8,19-24H2,3-5H3/t25-,28-,29-,30-,31?,35+,36?/m0/s1. The van der Waals surface area contributed by atoms with Crippen molar-refractivity contribution >= 4 is 23.4 Å². The fourth-order valence-corrected chi connectivity index (χ4v) is 7.78. The first kappa shape index (κ1) is 31.7. The maximum Gasteiger partial charge on any atom is 0.249 e. The molecule has 0 radical (unpaired) electrons. The van der Waals surface area contributed by atoms with Crippen LogP contribution in [-0.4, -0.2) is 75.6 Å². The number of aliphatic hydroxyl groups excluding tert-OH is 1. The molecule has 8 heteroatoms. The second kappa shape index (κ2) is 12.7. The summed E-state index contributed by atoms with van der Waals surface area (Å²) in [6.45, 7) is 14.3. The lowest BCUT2D eigenvalue weighted by atomic mass is 9.66. The molecule has 3 saturated heterocycles. The van der Waals surface area contributed by atoms with E-state index >= 15 is 0 Å². The molecule has 7 atom stereocenters. The SMILES string of the molecule is C=CCN(Cc1ccccc1)C(=O)C1N([C@@H](CO)[C@@H](C)CC)C(=O)[C@@H]2[C@@H](C(=O)N(CC=C)c3ccccc3)[C@@]3(C)CCC12O3. The summed E-state index contributed by atoms with van der Waals surface area (Å²) >= 11 is 0. The largest absolute Gasteiger partial charge is 0.394 e. The number of anilines is 1. The fraction of sp³-hybridized carbons (Fsp3) is 0.472. The van der Waals surface area contributed by atoms with E-state index < -0.39 is 35.1 Å². The molecule has 3 heterocycles. The molecular weight excluding hydrogens is 554 g/mol. The minimum Gasteiger partial charge on any atom is -0.394 e. The Morgan fingerprint density at radius 3 is 2.27 bits per heavy atom. The van der Waals surface area contributed by atoms with Gasteiger partial charge in [0, 0.05) is 25.3 Å². The Balaban J connectivity index is 1.61. The van der Waals surface area contributed by atoms with Crippen molar-refractivity contribution in [3.8, 4) is 0 Å². The maximum atomic E-state index is 14.8. The van der Waals surface area contributed by atoms with E-state index in [-0.39, 0.29) is 43.3 Å². The molecule has 0 aliphatic carbocycles. The Hall–Kier alpha value is -3.75. The molecule has 44 heavy (non-hydrogen) atoms. The predicted molar refractivity (Wildman–Crippen MR) is 170 cm³/mol. The summed E-state index contributed by atoms with van der Waals surface area (Å²) in [6, 6.07) is 17.5. The van der Waals surface area contributed by atoms with Crippen molar-refractivity contribution in [2.75, 3.05) is 24.6 Å². The molecule has 1 spiro atoms. The molecule has 1 N–H and O–H groups in total. The molecule has 3 amide bonds. The van der Waals surface area contributed by atoms with Crippen molar-refractivity contribution < 1.29 is 24.2 Å². The van der Waals surface area contributed by atoms with Crippen molar-refractivity contribution in [2.45, 2.75) is 69.9 Å². The molecule has 3 aliphatic rings. The van der Waals surface area contributed by atoms with Gasteiger partial charge in [0.1, 0.15) is 11.6 Å². The van der Waals surface area contributed by atoms with Crippen LogP contribution in [0.15, 0.2) is 86.0 Å². The predicted octanol–water partition coefficient (Wildman–Crippen LogP) is 4.59. The van der Waals surface area contributed by atoms with Crippen LogP contribution in [-0.2, 0) is 25.7 Å². The third-order valence-corrected chi connectivity index (χ3v) is 10.1. The number of ether oxygens (including phenoxy) is 1. The van der Waals surface area contributed by atoms with Crippen LogP contribution in [0.25, 0.3) is 0 Å². The number of amides is 3. The highest BCUT2D eigenvalue weighted by molar-refractivity contribution is 6.03. The van der Waals surface area contributed by atoms with Crippen molar-refractivity contribution in [3.63, 3.8) is 0 Å². The topological polar surface area (TPSA) is 90.4 Å². The fourth-order valence-electron chi connectivity index (χ4n) is 7.78. The highest BCUT2D eigenvalue weighted by Crippen LogP contribution is 2.64. The molecule has 2 aromatic carbocycles. The van der Waals surface area contributed by atoms with E-state index in [0.29, 0.717) is 31.5 Å². The first-order valence-electron chi connectivity index (χ1n) is 15.7. The molecule has 5 rings (SSSR count). The molecule has 234 valence electrons. The third kappa shape index (κ3) is 5.18. The van der Waals surface area contributed by atoms with Gasteiger partial charge in [-0.1, -0.05) is 81.0 Å². The summed E-state index contributed by atoms with van der Waals surface area (Å²) in [7, 11) is 0. The summed E-state index contributed by atoms with van der Waals surface area (Å²) in [5.74, 6) is -2.52. The van der Waals surface area contributed by atoms with Crippen LogP contribution in [0.4, 0.5) is 5.69 Å². The molecule has 0 saturated carbocycles. The zero-order chi connectivity index (χ0) is 31.6. The number of carbonyl (C=O) groups excluding carboxylic acids is 3. The number of aliphatic hydroxyl groups is 1. The second-order valence-corrected chi connectivity index (χ2v) is 12.7. The van der Waals surface area contributed by atoms with E-state index in [9.17, 15) is 19.5 Å². The highest BCUT2D eigenvalue weighted by Gasteiger charge is 2.79. The summed E-state index contributed by atoms with van der Waals surface area (Å²) in [5.41, 5.74) is -0.464. The zero-order valence-corrected chi connectivity index (χ0v) is 26.1. The number of nitrogens with zero attached hydrogens (tertiary/aromatic N) is 3. The van der Waals surface area contributed by atoms with Gasteiger partial charge in [0.25, 0.3) is 0 Å². The van der Waals surface area contributed by atoms with Crippen LogP contribution in [0.3, 0.4) is 0 Å². The van der Waals surface area contributed by atoms with Gasteiger partial charge in [0.2, 0.25) is 17.7 Å². The van der Waals surface area contributed by atoms with E-state index in [1.165, 1.54) is 0 Å². The molecule has 2 unspecified atom stereocenters. The lowest BCUT2D eigenvalue weighted by molar-refractivity contribution is -0.156. The summed E-state index contributed by atoms with van der Waals surface area (Å²) in [6.07, 6.45) is 5.07. The third-order valence-electron chi connectivity index (χ3n) is 10.1. The van der Waals surface area contributed by atoms with Crippen molar-refractivity contribution in [1.82, 2.24) is 9.80 Å². The molecule has 2 bridgehead atoms. The van der Waals surface area contributed by atoms with E-state index in [1.807, 2.05) is 81.4 Å². The quantitative estimate of drug-likeness (QED) is 0.340. The molecular formula is C36H45N3O5. The first-order valence-corrected chi connectivity index (χ1v) is 15.7. The van der Waals surface area contributed by atoms with E-state index in [2.05, 4.69) is 13.2 Å². The number of para-hydroxylation sites is 1. The van der Waals surface area contributed by atoms with E-state index in [0.717, 1.165) is 5.56 Å². The van der Waals surface area contributed by atoms with Gasteiger partial charge in [-0.05, 0) is 43.4 Å². The van der Waals surface area contributed by atoms with Gasteiger partial charge in [-0.3, -0.25) is 14.4 Å². The van der Waals surface area contributed by atoms with Crippen LogP contribution >= 0.6 is 0 Å². The minimum absolute atomic E-state index is 0.0834. The van der Waals surface area contributed by atoms with E-state index in [1.54, 1.807) is 26.9 Å². The normalized spacial score (nSPS) is 28.3. The van der Waals surface area contributed by atoms with Crippen LogP contribution < -0.4 is 4.90 Å². The monoisotopic (exact) mass is 599 g/mol. The van der Waals surface area contributed by atoms with Gasteiger partial charge in [0.15, 0.2) is 0 Å². The molecule has 0 aromatic heterocycles. The summed E-state index contributed by atoms with van der Waals surface area (Å²) < 4.78 is 6.90. The Morgan fingerprint density at radius 1 is 1.05 bits per heavy atom. The first-order chi connectivity index (χ1) is 21.2. The Kier molecular flexibility index (Phi) is 9.14. The van der Waals surface area contributed by atoms with Crippen LogP contribution in [0.2, 0.25) is 0 Å².